The standard InChI is InChI=1S/C17H20N2O5/c1-11(2)10-24-17(23)12-5-3-4-6-13(12)18-14-9-15(21)19(7-8-20)16(14)22/h3-6,9,11,18,20H,7-8,10H2,1-2H3. The Morgan fingerprint density at radius 2 is 2.00 bits per heavy atom. The topological polar surface area (TPSA) is 95.9 Å². The van der Waals surface area contributed by atoms with Gasteiger partial charge in [0.15, 0.2) is 0 Å². The number of para-hydroxylation sites is 1. The number of aliphatic hydroxyl groups excluding tert-OH is 1. The Kier molecular flexibility index (Phi) is 5.70. The van der Waals surface area contributed by atoms with Gasteiger partial charge < -0.3 is 15.2 Å². The summed E-state index contributed by atoms with van der Waals surface area (Å²) in [6, 6.07) is 6.59. The molecule has 0 aliphatic carbocycles. The number of β-amino-alcohol motifs (C(OH)–C–C–N with tert-alkyl or cyclic N) is 1. The molecule has 0 spiro atoms. The average molecular weight is 332 g/mol. The summed E-state index contributed by atoms with van der Waals surface area (Å²) < 4.78 is 5.21. The third-order valence-corrected chi connectivity index (χ3v) is 3.30. The first-order valence-electron chi connectivity index (χ1n) is 7.65. The monoisotopic (exact) mass is 332 g/mol. The molecule has 2 N–H and O–H groups in total. The molecule has 2 rings (SSSR count). The average Bonchev–Trinajstić information content (AvgIpc) is 2.81. The van der Waals surface area contributed by atoms with Crippen LogP contribution in [0.1, 0.15) is 24.2 Å². The second-order valence-electron chi connectivity index (χ2n) is 5.74. The molecular weight excluding hydrogens is 312 g/mol. The Morgan fingerprint density at radius 1 is 1.29 bits per heavy atom. The molecule has 0 saturated heterocycles. The van der Waals surface area contributed by atoms with Crippen molar-refractivity contribution in [2.45, 2.75) is 13.8 Å². The normalized spacial score (nSPS) is 14.2. The Morgan fingerprint density at radius 3 is 2.67 bits per heavy atom. The van der Waals surface area contributed by atoms with Crippen LogP contribution in [0.5, 0.6) is 0 Å². The molecule has 24 heavy (non-hydrogen) atoms. The lowest BCUT2D eigenvalue weighted by atomic mass is 10.1. The van der Waals surface area contributed by atoms with Crippen molar-refractivity contribution in [3.8, 4) is 0 Å². The number of nitrogens with zero attached hydrogens (tertiary/aromatic N) is 1. The molecule has 0 atom stereocenters. The number of amides is 2. The van der Waals surface area contributed by atoms with E-state index < -0.39 is 17.8 Å². The smallest absolute Gasteiger partial charge is 0.340 e. The van der Waals surface area contributed by atoms with Gasteiger partial charge in [-0.25, -0.2) is 4.79 Å². The van der Waals surface area contributed by atoms with Crippen LogP contribution in [-0.4, -0.2) is 47.5 Å². The van der Waals surface area contributed by atoms with Gasteiger partial charge in [0.2, 0.25) is 0 Å². The summed E-state index contributed by atoms with van der Waals surface area (Å²) >= 11 is 0. The Bertz CT molecular complexity index is 681. The first-order chi connectivity index (χ1) is 11.4. The highest BCUT2D eigenvalue weighted by molar-refractivity contribution is 6.17. The molecule has 0 unspecified atom stereocenters. The second-order valence-corrected chi connectivity index (χ2v) is 5.74. The van der Waals surface area contributed by atoms with Crippen LogP contribution >= 0.6 is 0 Å². The van der Waals surface area contributed by atoms with Crippen molar-refractivity contribution in [3.63, 3.8) is 0 Å². The predicted molar refractivity (Wildman–Crippen MR) is 87.1 cm³/mol. The number of esters is 1. The highest BCUT2D eigenvalue weighted by Crippen LogP contribution is 2.21. The summed E-state index contributed by atoms with van der Waals surface area (Å²) in [5.74, 6) is -1.34. The van der Waals surface area contributed by atoms with Gasteiger partial charge in [-0.2, -0.15) is 0 Å². The van der Waals surface area contributed by atoms with E-state index in [1.54, 1.807) is 24.3 Å². The number of aliphatic hydroxyl groups is 1. The summed E-state index contributed by atoms with van der Waals surface area (Å²) in [6.45, 7) is 3.77. The number of anilines is 1. The molecular formula is C17H20N2O5. The summed E-state index contributed by atoms with van der Waals surface area (Å²) in [6.07, 6.45) is 1.15. The number of nitrogens with one attached hydrogen (secondary N) is 1. The summed E-state index contributed by atoms with van der Waals surface area (Å²) in [5, 5.41) is 11.7. The molecule has 1 aliphatic rings. The highest BCUT2D eigenvalue weighted by Gasteiger charge is 2.31. The van der Waals surface area contributed by atoms with Crippen LogP contribution in [0.15, 0.2) is 36.0 Å². The minimum absolute atomic E-state index is 0.0533. The number of hydrogen-bond donors (Lipinski definition) is 2. The first-order valence-corrected chi connectivity index (χ1v) is 7.65. The number of ether oxygens (including phenoxy) is 1. The van der Waals surface area contributed by atoms with Crippen LogP contribution in [0.4, 0.5) is 5.69 Å². The van der Waals surface area contributed by atoms with Crippen LogP contribution < -0.4 is 5.32 Å². The maximum Gasteiger partial charge on any atom is 0.340 e. The zero-order valence-electron chi connectivity index (χ0n) is 13.6. The van der Waals surface area contributed by atoms with Gasteiger partial charge in [0, 0.05) is 6.08 Å². The van der Waals surface area contributed by atoms with E-state index in [9.17, 15) is 14.4 Å². The van der Waals surface area contributed by atoms with E-state index in [0.717, 1.165) is 11.0 Å². The van der Waals surface area contributed by atoms with E-state index in [2.05, 4.69) is 5.32 Å². The molecule has 128 valence electrons. The highest BCUT2D eigenvalue weighted by atomic mass is 16.5. The van der Waals surface area contributed by atoms with Crippen molar-refractivity contribution in [2.24, 2.45) is 5.92 Å². The van der Waals surface area contributed by atoms with Crippen LogP contribution in [0, 0.1) is 5.92 Å². The molecule has 0 radical (unpaired) electrons. The maximum atomic E-state index is 12.2. The van der Waals surface area contributed by atoms with Gasteiger partial charge in [0.1, 0.15) is 5.70 Å². The van der Waals surface area contributed by atoms with Gasteiger partial charge in [0.25, 0.3) is 11.8 Å². The minimum atomic E-state index is -0.542. The number of benzene rings is 1. The first kappa shape index (κ1) is 17.7. The lowest BCUT2D eigenvalue weighted by Crippen LogP contribution is -2.34. The lowest BCUT2D eigenvalue weighted by molar-refractivity contribution is -0.137. The zero-order chi connectivity index (χ0) is 17.7. The van der Waals surface area contributed by atoms with E-state index in [4.69, 9.17) is 9.84 Å². The number of hydrogen-bond acceptors (Lipinski definition) is 6. The summed E-state index contributed by atoms with van der Waals surface area (Å²) in [7, 11) is 0. The molecule has 0 bridgehead atoms. The fourth-order valence-electron chi connectivity index (χ4n) is 2.15. The Labute approximate surface area is 139 Å². The Balaban J connectivity index is 2.16. The molecule has 1 aromatic rings. The number of carbonyl (C=O) groups is 3. The number of rotatable bonds is 7. The van der Waals surface area contributed by atoms with Gasteiger partial charge in [-0.15, -0.1) is 0 Å². The predicted octanol–water partition coefficient (Wildman–Crippen LogP) is 1.16. The second kappa shape index (κ2) is 7.74. The quantitative estimate of drug-likeness (QED) is 0.574. The summed E-state index contributed by atoms with van der Waals surface area (Å²) in [4.78, 5) is 37.0. The minimum Gasteiger partial charge on any atom is -0.462 e. The van der Waals surface area contributed by atoms with Crippen molar-refractivity contribution < 1.29 is 24.2 Å². The van der Waals surface area contributed by atoms with Crippen molar-refractivity contribution in [2.75, 3.05) is 25.1 Å². The Hall–Kier alpha value is -2.67. The van der Waals surface area contributed by atoms with E-state index in [1.165, 1.54) is 0 Å². The van der Waals surface area contributed by atoms with Gasteiger partial charge >= 0.3 is 5.97 Å². The molecule has 0 fully saturated rings. The molecule has 7 heteroatoms. The van der Waals surface area contributed by atoms with Gasteiger partial charge in [-0.3, -0.25) is 14.5 Å². The van der Waals surface area contributed by atoms with Crippen molar-refractivity contribution in [3.05, 3.63) is 41.6 Å². The maximum absolute atomic E-state index is 12.2. The molecule has 7 nitrogen and oxygen atoms in total. The molecule has 2 amide bonds. The van der Waals surface area contributed by atoms with Gasteiger partial charge in [-0.1, -0.05) is 26.0 Å². The van der Waals surface area contributed by atoms with Crippen LogP contribution in [-0.2, 0) is 14.3 Å². The van der Waals surface area contributed by atoms with E-state index in [1.807, 2.05) is 13.8 Å². The largest absolute Gasteiger partial charge is 0.462 e. The molecule has 1 aliphatic heterocycles. The fraction of sp³-hybridized carbons (Fsp3) is 0.353. The zero-order valence-corrected chi connectivity index (χ0v) is 13.6. The third kappa shape index (κ3) is 3.99. The summed E-state index contributed by atoms with van der Waals surface area (Å²) in [5.41, 5.74) is 0.710. The van der Waals surface area contributed by atoms with Crippen LogP contribution in [0.2, 0.25) is 0 Å². The van der Waals surface area contributed by atoms with Crippen molar-refractivity contribution >= 4 is 23.5 Å². The molecule has 1 heterocycles. The molecule has 0 aromatic heterocycles. The molecule has 1 aromatic carbocycles. The fourth-order valence-corrected chi connectivity index (χ4v) is 2.15. The van der Waals surface area contributed by atoms with Crippen LogP contribution in [0.3, 0.4) is 0 Å². The molecule has 0 saturated carbocycles. The van der Waals surface area contributed by atoms with Gasteiger partial charge in [0.05, 0.1) is 31.0 Å². The van der Waals surface area contributed by atoms with Crippen LogP contribution in [0.25, 0.3) is 0 Å². The third-order valence-electron chi connectivity index (χ3n) is 3.30. The van der Waals surface area contributed by atoms with Crippen molar-refractivity contribution in [1.29, 1.82) is 0 Å². The SMILES string of the molecule is CC(C)COC(=O)c1ccccc1NC1=CC(=O)N(CCO)C1=O. The lowest BCUT2D eigenvalue weighted by Gasteiger charge is -2.15. The number of carbonyl (C=O) groups excluding carboxylic acids is 3. The van der Waals surface area contributed by atoms with E-state index in [-0.39, 0.29) is 36.9 Å². The van der Waals surface area contributed by atoms with Gasteiger partial charge in [-0.05, 0) is 18.1 Å². The van der Waals surface area contributed by atoms with E-state index >= 15 is 0 Å². The number of imide groups is 1. The van der Waals surface area contributed by atoms with Crippen molar-refractivity contribution in [1.82, 2.24) is 4.90 Å². The van der Waals surface area contributed by atoms with E-state index in [0.29, 0.717) is 5.69 Å².